The maximum absolute atomic E-state index is 12.0. The molecule has 2 heterocycles. The highest BCUT2D eigenvalue weighted by molar-refractivity contribution is 5.91. The zero-order valence-electron chi connectivity index (χ0n) is 11.2. The molecule has 106 valence electrons. The number of carbonyl (C=O) groups is 1. The third-order valence-electron chi connectivity index (χ3n) is 2.87. The SMILES string of the molecule is CCOC(=O)c1cc2c(=O)n(C)c(=O)n(C)c2oc1=N. The van der Waals surface area contributed by atoms with E-state index in [1.165, 1.54) is 20.2 Å². The Kier molecular flexibility index (Phi) is 3.31. The summed E-state index contributed by atoms with van der Waals surface area (Å²) in [6.07, 6.45) is 0. The molecule has 8 nitrogen and oxygen atoms in total. The number of nitrogens with zero attached hydrogens (tertiary/aromatic N) is 2. The van der Waals surface area contributed by atoms with Gasteiger partial charge in [-0.3, -0.25) is 19.3 Å². The van der Waals surface area contributed by atoms with E-state index in [1.54, 1.807) is 6.92 Å². The van der Waals surface area contributed by atoms with Crippen molar-refractivity contribution in [1.82, 2.24) is 9.13 Å². The summed E-state index contributed by atoms with van der Waals surface area (Å²) in [6, 6.07) is 1.21. The average molecular weight is 279 g/mol. The van der Waals surface area contributed by atoms with Crippen molar-refractivity contribution in [2.75, 3.05) is 6.61 Å². The molecule has 0 bridgehead atoms. The Bertz CT molecular complexity index is 872. The number of ether oxygens (including phenoxy) is 1. The van der Waals surface area contributed by atoms with Crippen molar-refractivity contribution in [1.29, 1.82) is 5.41 Å². The predicted octanol–water partition coefficient (Wildman–Crippen LogP) is -0.514. The van der Waals surface area contributed by atoms with Crippen LogP contribution in [0.3, 0.4) is 0 Å². The van der Waals surface area contributed by atoms with E-state index in [4.69, 9.17) is 14.6 Å². The summed E-state index contributed by atoms with van der Waals surface area (Å²) in [4.78, 5) is 35.4. The van der Waals surface area contributed by atoms with E-state index in [-0.39, 0.29) is 23.3 Å². The smallest absolute Gasteiger partial charge is 0.343 e. The molecule has 0 radical (unpaired) electrons. The lowest BCUT2D eigenvalue weighted by Crippen LogP contribution is -2.37. The van der Waals surface area contributed by atoms with Crippen molar-refractivity contribution in [3.8, 4) is 0 Å². The summed E-state index contributed by atoms with van der Waals surface area (Å²) in [7, 11) is 2.74. The zero-order valence-corrected chi connectivity index (χ0v) is 11.2. The average Bonchev–Trinajstić information content (AvgIpc) is 2.42. The number of aryl methyl sites for hydroxylation is 1. The minimum atomic E-state index is -0.751. The van der Waals surface area contributed by atoms with Gasteiger partial charge in [0.25, 0.3) is 5.56 Å². The molecule has 0 amide bonds. The third-order valence-corrected chi connectivity index (χ3v) is 2.87. The van der Waals surface area contributed by atoms with E-state index < -0.39 is 22.8 Å². The fourth-order valence-corrected chi connectivity index (χ4v) is 1.82. The second-order valence-electron chi connectivity index (χ2n) is 4.13. The number of carbonyl (C=O) groups excluding carboxylic acids is 1. The highest BCUT2D eigenvalue weighted by atomic mass is 16.5. The van der Waals surface area contributed by atoms with E-state index in [0.29, 0.717) is 0 Å². The maximum Gasteiger partial charge on any atom is 0.343 e. The van der Waals surface area contributed by atoms with Gasteiger partial charge >= 0.3 is 11.7 Å². The van der Waals surface area contributed by atoms with Crippen LogP contribution in [0, 0.1) is 5.41 Å². The molecule has 2 rings (SSSR count). The Morgan fingerprint density at radius 1 is 1.35 bits per heavy atom. The predicted molar refractivity (Wildman–Crippen MR) is 68.5 cm³/mol. The van der Waals surface area contributed by atoms with Gasteiger partial charge in [0.1, 0.15) is 10.9 Å². The summed E-state index contributed by atoms with van der Waals surface area (Å²) in [5.41, 5.74) is -1.85. The third kappa shape index (κ3) is 1.94. The van der Waals surface area contributed by atoms with Crippen LogP contribution < -0.4 is 16.8 Å². The molecule has 0 atom stereocenters. The number of hydrogen-bond acceptors (Lipinski definition) is 6. The number of nitrogens with one attached hydrogen (secondary N) is 1. The van der Waals surface area contributed by atoms with E-state index in [0.717, 1.165) is 9.13 Å². The van der Waals surface area contributed by atoms with Crippen molar-refractivity contribution < 1.29 is 13.9 Å². The van der Waals surface area contributed by atoms with Gasteiger partial charge in [-0.05, 0) is 13.0 Å². The van der Waals surface area contributed by atoms with Crippen LogP contribution >= 0.6 is 0 Å². The molecule has 0 saturated carbocycles. The highest BCUT2D eigenvalue weighted by Crippen LogP contribution is 2.07. The van der Waals surface area contributed by atoms with Crippen LogP contribution in [0.25, 0.3) is 11.1 Å². The molecule has 2 aromatic rings. The van der Waals surface area contributed by atoms with Gasteiger partial charge in [-0.1, -0.05) is 0 Å². The molecule has 0 aromatic carbocycles. The minimum Gasteiger partial charge on any atom is -0.462 e. The first kappa shape index (κ1) is 13.8. The highest BCUT2D eigenvalue weighted by Gasteiger charge is 2.17. The van der Waals surface area contributed by atoms with Crippen LogP contribution in [0.1, 0.15) is 17.3 Å². The molecule has 20 heavy (non-hydrogen) atoms. The molecule has 8 heteroatoms. The first-order chi connectivity index (χ1) is 9.38. The summed E-state index contributed by atoms with van der Waals surface area (Å²) >= 11 is 0. The summed E-state index contributed by atoms with van der Waals surface area (Å²) in [5.74, 6) is -0.751. The molecule has 0 aliphatic rings. The van der Waals surface area contributed by atoms with E-state index >= 15 is 0 Å². The van der Waals surface area contributed by atoms with E-state index in [1.807, 2.05) is 0 Å². The van der Waals surface area contributed by atoms with Gasteiger partial charge in [0.15, 0.2) is 0 Å². The molecule has 2 aromatic heterocycles. The summed E-state index contributed by atoms with van der Waals surface area (Å²) in [5, 5.41) is 7.70. The molecular formula is C12H13N3O5. The minimum absolute atomic E-state index is 0.0358. The van der Waals surface area contributed by atoms with Crippen molar-refractivity contribution in [3.63, 3.8) is 0 Å². The first-order valence-corrected chi connectivity index (χ1v) is 5.84. The van der Waals surface area contributed by atoms with Gasteiger partial charge in [0.05, 0.1) is 6.61 Å². The molecular weight excluding hydrogens is 266 g/mol. The van der Waals surface area contributed by atoms with Gasteiger partial charge in [-0.25, -0.2) is 9.59 Å². The van der Waals surface area contributed by atoms with E-state index in [2.05, 4.69) is 0 Å². The van der Waals surface area contributed by atoms with Gasteiger partial charge in [0, 0.05) is 14.1 Å². The Labute approximate surface area is 112 Å². The Morgan fingerprint density at radius 3 is 2.60 bits per heavy atom. The van der Waals surface area contributed by atoms with Crippen LogP contribution in [0.15, 0.2) is 20.1 Å². The molecule has 0 fully saturated rings. The Morgan fingerprint density at radius 2 is 2.00 bits per heavy atom. The van der Waals surface area contributed by atoms with Gasteiger partial charge in [0.2, 0.25) is 11.3 Å². The number of esters is 1. The molecule has 0 aliphatic carbocycles. The second-order valence-corrected chi connectivity index (χ2v) is 4.13. The second kappa shape index (κ2) is 4.80. The molecule has 1 N–H and O–H groups in total. The summed E-state index contributed by atoms with van der Waals surface area (Å²) in [6.45, 7) is 1.77. The molecule has 0 aliphatic heterocycles. The molecule has 0 saturated heterocycles. The Hall–Kier alpha value is -2.64. The van der Waals surface area contributed by atoms with Crippen LogP contribution in [0.4, 0.5) is 0 Å². The number of hydrogen-bond donors (Lipinski definition) is 1. The van der Waals surface area contributed by atoms with Gasteiger partial charge in [-0.15, -0.1) is 0 Å². The first-order valence-electron chi connectivity index (χ1n) is 5.84. The fourth-order valence-electron chi connectivity index (χ4n) is 1.82. The largest absolute Gasteiger partial charge is 0.462 e. The normalized spacial score (nSPS) is 10.8. The number of rotatable bonds is 2. The van der Waals surface area contributed by atoms with Gasteiger partial charge in [-0.2, -0.15) is 0 Å². The van der Waals surface area contributed by atoms with Crippen molar-refractivity contribution >= 4 is 17.1 Å². The zero-order chi connectivity index (χ0) is 15.0. The monoisotopic (exact) mass is 279 g/mol. The summed E-state index contributed by atoms with van der Waals surface area (Å²) < 4.78 is 11.9. The Balaban J connectivity index is 2.91. The van der Waals surface area contributed by atoms with Crippen LogP contribution in [-0.2, 0) is 18.8 Å². The van der Waals surface area contributed by atoms with Crippen LogP contribution in [0.2, 0.25) is 0 Å². The number of aromatic nitrogens is 2. The lowest BCUT2D eigenvalue weighted by Gasteiger charge is -2.07. The molecule has 0 spiro atoms. The van der Waals surface area contributed by atoms with Crippen molar-refractivity contribution in [2.45, 2.75) is 6.92 Å². The fraction of sp³-hybridized carbons (Fsp3) is 0.333. The van der Waals surface area contributed by atoms with E-state index in [9.17, 15) is 14.4 Å². The quantitative estimate of drug-likeness (QED) is 0.745. The molecule has 0 unspecified atom stereocenters. The van der Waals surface area contributed by atoms with Crippen molar-refractivity contribution in [3.05, 3.63) is 38.0 Å². The van der Waals surface area contributed by atoms with Crippen LogP contribution in [-0.4, -0.2) is 21.7 Å². The van der Waals surface area contributed by atoms with Crippen LogP contribution in [0.5, 0.6) is 0 Å². The van der Waals surface area contributed by atoms with Crippen molar-refractivity contribution in [2.24, 2.45) is 14.1 Å². The van der Waals surface area contributed by atoms with Gasteiger partial charge < -0.3 is 9.15 Å². The number of fused-ring (bicyclic) bond motifs is 1. The maximum atomic E-state index is 12.0. The topological polar surface area (TPSA) is 107 Å². The lowest BCUT2D eigenvalue weighted by atomic mass is 10.2. The lowest BCUT2D eigenvalue weighted by molar-refractivity contribution is 0.0520. The standard InChI is InChI=1S/C12H13N3O5/c1-4-19-11(17)6-5-7-9(16)14(2)12(18)15(3)10(7)20-8(6)13/h5,13H,4H2,1-3H3.